The van der Waals surface area contributed by atoms with E-state index in [1.54, 1.807) is 11.4 Å². The molecule has 1 N–H and O–H groups in total. The molecule has 1 fully saturated rings. The van der Waals surface area contributed by atoms with Gasteiger partial charge >= 0.3 is 0 Å². The van der Waals surface area contributed by atoms with Gasteiger partial charge in [-0.2, -0.15) is 0 Å². The number of nitrogens with zero attached hydrogens (tertiary/aromatic N) is 1. The summed E-state index contributed by atoms with van der Waals surface area (Å²) in [6.45, 7) is 4.08. The Balaban J connectivity index is 2.15. The van der Waals surface area contributed by atoms with E-state index in [1.807, 2.05) is 0 Å². The quantitative estimate of drug-likeness (QED) is 0.642. The Morgan fingerprint density at radius 3 is 2.47 bits per heavy atom. The maximum atomic E-state index is 12.0. The Morgan fingerprint density at radius 2 is 1.94 bits per heavy atom. The van der Waals surface area contributed by atoms with Gasteiger partial charge in [0.15, 0.2) is 0 Å². The molecule has 17 heavy (non-hydrogen) atoms. The molecule has 1 aliphatic carbocycles. The van der Waals surface area contributed by atoms with E-state index in [1.165, 1.54) is 6.42 Å². The van der Waals surface area contributed by atoms with Crippen LogP contribution in [-0.2, 0) is 10.0 Å². The van der Waals surface area contributed by atoms with E-state index in [-0.39, 0.29) is 6.04 Å². The lowest BCUT2D eigenvalue weighted by atomic mass is 9.94. The highest BCUT2D eigenvalue weighted by Gasteiger charge is 2.29. The highest BCUT2D eigenvalue weighted by Crippen LogP contribution is 2.25. The molecule has 0 radical (unpaired) electrons. The Labute approximate surface area is 106 Å². The maximum Gasteiger partial charge on any atom is 0.214 e. The van der Waals surface area contributed by atoms with Crippen molar-refractivity contribution in [3.8, 4) is 0 Å². The fourth-order valence-corrected chi connectivity index (χ4v) is 3.48. The molecule has 0 unspecified atom stereocenters. The molecule has 0 aliphatic heterocycles. The van der Waals surface area contributed by atoms with Crippen LogP contribution < -0.4 is 5.32 Å². The zero-order valence-corrected chi connectivity index (χ0v) is 11.9. The second-order valence-electron chi connectivity index (χ2n) is 4.87. The van der Waals surface area contributed by atoms with Crippen molar-refractivity contribution in [1.29, 1.82) is 0 Å². The lowest BCUT2D eigenvalue weighted by Crippen LogP contribution is -2.42. The van der Waals surface area contributed by atoms with Gasteiger partial charge in [0, 0.05) is 13.1 Å². The molecule has 0 aromatic heterocycles. The van der Waals surface area contributed by atoms with Gasteiger partial charge in [0.2, 0.25) is 10.0 Å². The van der Waals surface area contributed by atoms with Crippen molar-refractivity contribution in [2.45, 2.75) is 51.5 Å². The van der Waals surface area contributed by atoms with Crippen molar-refractivity contribution in [1.82, 2.24) is 9.62 Å². The molecular weight excluding hydrogens is 236 g/mol. The fourth-order valence-electron chi connectivity index (χ4n) is 1.96. The van der Waals surface area contributed by atoms with Crippen LogP contribution in [0, 0.1) is 0 Å². The van der Waals surface area contributed by atoms with Gasteiger partial charge in [0.05, 0.1) is 5.75 Å². The van der Waals surface area contributed by atoms with Crippen LogP contribution in [0.4, 0.5) is 0 Å². The summed E-state index contributed by atoms with van der Waals surface area (Å²) in [6, 6.07) is 0.276. The van der Waals surface area contributed by atoms with Crippen molar-refractivity contribution in [3.05, 3.63) is 0 Å². The normalized spacial score (nSPS) is 17.4. The first-order valence-corrected chi connectivity index (χ1v) is 8.35. The number of hydrogen-bond acceptors (Lipinski definition) is 3. The summed E-state index contributed by atoms with van der Waals surface area (Å²) < 4.78 is 25.5. The van der Waals surface area contributed by atoms with Crippen molar-refractivity contribution < 1.29 is 8.42 Å². The summed E-state index contributed by atoms with van der Waals surface area (Å²) in [4.78, 5) is 0. The summed E-state index contributed by atoms with van der Waals surface area (Å²) in [6.07, 6.45) is 6.07. The molecule has 102 valence electrons. The zero-order valence-electron chi connectivity index (χ0n) is 11.1. The fraction of sp³-hybridized carbons (Fsp3) is 1.00. The summed E-state index contributed by atoms with van der Waals surface area (Å²) >= 11 is 0. The molecule has 0 amide bonds. The van der Waals surface area contributed by atoms with Crippen LogP contribution in [0.25, 0.3) is 0 Å². The third kappa shape index (κ3) is 4.94. The molecule has 1 aliphatic rings. The maximum absolute atomic E-state index is 12.0. The average molecular weight is 262 g/mol. The predicted octanol–water partition coefficient (Wildman–Crippen LogP) is 1.58. The molecule has 0 saturated heterocycles. The van der Waals surface area contributed by atoms with Gasteiger partial charge in [-0.15, -0.1) is 0 Å². The van der Waals surface area contributed by atoms with E-state index >= 15 is 0 Å². The van der Waals surface area contributed by atoms with E-state index in [4.69, 9.17) is 0 Å². The van der Waals surface area contributed by atoms with Crippen molar-refractivity contribution in [2.75, 3.05) is 25.9 Å². The summed E-state index contributed by atoms with van der Waals surface area (Å²) in [5.41, 5.74) is 0. The van der Waals surface area contributed by atoms with E-state index in [0.29, 0.717) is 5.75 Å². The largest absolute Gasteiger partial charge is 0.317 e. The molecular formula is C12H26N2O2S. The van der Waals surface area contributed by atoms with Crippen LogP contribution in [0.3, 0.4) is 0 Å². The van der Waals surface area contributed by atoms with Gasteiger partial charge in [0.1, 0.15) is 0 Å². The first-order valence-electron chi connectivity index (χ1n) is 6.74. The molecule has 1 rings (SSSR count). The topological polar surface area (TPSA) is 49.4 Å². The van der Waals surface area contributed by atoms with Crippen molar-refractivity contribution in [3.63, 3.8) is 0 Å². The zero-order chi connectivity index (χ0) is 12.7. The first kappa shape index (κ1) is 14.9. The summed E-state index contributed by atoms with van der Waals surface area (Å²) in [7, 11) is -1.28. The van der Waals surface area contributed by atoms with Crippen LogP contribution in [0.2, 0.25) is 0 Å². The van der Waals surface area contributed by atoms with E-state index in [2.05, 4.69) is 12.2 Å². The second-order valence-corrected chi connectivity index (χ2v) is 7.02. The van der Waals surface area contributed by atoms with Crippen LogP contribution in [0.5, 0.6) is 0 Å². The summed E-state index contributed by atoms with van der Waals surface area (Å²) in [5.74, 6) is 0.299. The molecule has 1 saturated carbocycles. The second kappa shape index (κ2) is 7.34. The smallest absolute Gasteiger partial charge is 0.214 e. The van der Waals surface area contributed by atoms with Crippen LogP contribution in [-0.4, -0.2) is 44.7 Å². The highest BCUT2D eigenvalue weighted by molar-refractivity contribution is 7.89. The minimum absolute atomic E-state index is 0.276. The molecule has 0 spiro atoms. The Hall–Kier alpha value is -0.130. The van der Waals surface area contributed by atoms with Crippen LogP contribution in [0.15, 0.2) is 0 Å². The lowest BCUT2D eigenvalue weighted by Gasteiger charge is -2.33. The number of hydrogen-bond donors (Lipinski definition) is 1. The van der Waals surface area contributed by atoms with Crippen molar-refractivity contribution in [2.24, 2.45) is 0 Å². The third-order valence-corrected chi connectivity index (χ3v) is 5.44. The highest BCUT2D eigenvalue weighted by atomic mass is 32.2. The number of nitrogens with one attached hydrogen (secondary N) is 1. The Morgan fingerprint density at radius 1 is 1.24 bits per heavy atom. The predicted molar refractivity (Wildman–Crippen MR) is 71.6 cm³/mol. The van der Waals surface area contributed by atoms with Gasteiger partial charge in [-0.25, -0.2) is 12.7 Å². The first-order chi connectivity index (χ1) is 8.08. The molecule has 5 heteroatoms. The third-order valence-electron chi connectivity index (χ3n) is 3.46. The Bertz CT molecular complexity index is 300. The van der Waals surface area contributed by atoms with Gasteiger partial charge in [0.25, 0.3) is 0 Å². The monoisotopic (exact) mass is 262 g/mol. The van der Waals surface area contributed by atoms with Crippen LogP contribution in [0.1, 0.15) is 45.4 Å². The van der Waals surface area contributed by atoms with Gasteiger partial charge in [-0.05, 0) is 45.2 Å². The SMILES string of the molecule is CCCNCCCCS(=O)(=O)N(C)C1CCC1. The number of rotatable bonds is 9. The van der Waals surface area contributed by atoms with E-state index < -0.39 is 10.0 Å². The van der Waals surface area contributed by atoms with Crippen LogP contribution >= 0.6 is 0 Å². The Kier molecular flexibility index (Phi) is 6.44. The average Bonchev–Trinajstić information content (AvgIpc) is 2.20. The lowest BCUT2D eigenvalue weighted by molar-refractivity contribution is 0.249. The van der Waals surface area contributed by atoms with Gasteiger partial charge in [-0.3, -0.25) is 0 Å². The minimum Gasteiger partial charge on any atom is -0.317 e. The van der Waals surface area contributed by atoms with Crippen molar-refractivity contribution >= 4 is 10.0 Å². The number of unbranched alkanes of at least 4 members (excludes halogenated alkanes) is 1. The van der Waals surface area contributed by atoms with Gasteiger partial charge < -0.3 is 5.32 Å². The molecule has 0 atom stereocenters. The molecule has 0 aromatic carbocycles. The van der Waals surface area contributed by atoms with E-state index in [9.17, 15) is 8.42 Å². The summed E-state index contributed by atoms with van der Waals surface area (Å²) in [5, 5.41) is 3.29. The minimum atomic E-state index is -3.01. The van der Waals surface area contributed by atoms with Gasteiger partial charge in [-0.1, -0.05) is 13.3 Å². The molecule has 4 nitrogen and oxygen atoms in total. The van der Waals surface area contributed by atoms with E-state index in [0.717, 1.165) is 45.2 Å². The molecule has 0 heterocycles. The number of sulfonamides is 1. The standard InChI is InChI=1S/C12H26N2O2S/c1-3-9-13-10-4-5-11-17(15,16)14(2)12-7-6-8-12/h12-13H,3-11H2,1-2H3. The molecule has 0 bridgehead atoms. The molecule has 0 aromatic rings.